The van der Waals surface area contributed by atoms with Crippen molar-refractivity contribution in [2.24, 2.45) is 0 Å². The normalized spacial score (nSPS) is 29.2. The van der Waals surface area contributed by atoms with Crippen molar-refractivity contribution in [1.82, 2.24) is 0 Å². The van der Waals surface area contributed by atoms with E-state index in [9.17, 15) is 19.5 Å². The SMILES string of the molecule is Cc1cc(C)c2c(c1)/C=C/C[C@@H]1OC(C)(C)OC1C(=O)/C=C\CCOC2=O.Cc1cc(C)c2c(c1)/C=C/C[C@@H]1OC(C)(C)OC1C(O)/C=C\CCOC2=O. The average molecular weight is 743 g/mol. The predicted molar refractivity (Wildman–Crippen MR) is 206 cm³/mol. The summed E-state index contributed by atoms with van der Waals surface area (Å²) in [4.78, 5) is 37.6. The second-order valence-electron chi connectivity index (χ2n) is 15.2. The molecule has 2 fully saturated rings. The van der Waals surface area contributed by atoms with Crippen molar-refractivity contribution in [2.45, 2.75) is 123 Å². The van der Waals surface area contributed by atoms with Gasteiger partial charge in [0.2, 0.25) is 0 Å². The van der Waals surface area contributed by atoms with E-state index >= 15 is 0 Å². The number of esters is 2. The molecule has 10 nitrogen and oxygen atoms in total. The first kappa shape index (κ1) is 41.0. The summed E-state index contributed by atoms with van der Waals surface area (Å²) in [6, 6.07) is 7.90. The van der Waals surface area contributed by atoms with Gasteiger partial charge in [-0.1, -0.05) is 77.9 Å². The van der Waals surface area contributed by atoms with E-state index < -0.39 is 29.9 Å². The minimum Gasteiger partial charge on any atom is -0.462 e. The molecule has 4 heterocycles. The topological polar surface area (TPSA) is 127 Å². The molecular weight excluding hydrogens is 688 g/mol. The molecular formula is C44H54O10. The van der Waals surface area contributed by atoms with Crippen LogP contribution in [0.4, 0.5) is 0 Å². The van der Waals surface area contributed by atoms with Crippen LogP contribution in [0.15, 0.2) is 60.7 Å². The highest BCUT2D eigenvalue weighted by molar-refractivity contribution is 5.96. The lowest BCUT2D eigenvalue weighted by molar-refractivity contribution is -0.152. The highest BCUT2D eigenvalue weighted by Crippen LogP contribution is 2.34. The van der Waals surface area contributed by atoms with Gasteiger partial charge in [-0.3, -0.25) is 4.79 Å². The quantitative estimate of drug-likeness (QED) is 0.213. The number of hydrogen-bond acceptors (Lipinski definition) is 10. The molecule has 1 N–H and O–H groups in total. The fourth-order valence-electron chi connectivity index (χ4n) is 7.29. The van der Waals surface area contributed by atoms with Gasteiger partial charge in [-0.25, -0.2) is 9.59 Å². The molecule has 6 rings (SSSR count). The van der Waals surface area contributed by atoms with E-state index in [1.54, 1.807) is 12.2 Å². The number of aryl methyl sites for hydroxylation is 4. The Labute approximate surface area is 318 Å². The van der Waals surface area contributed by atoms with E-state index in [0.29, 0.717) is 36.8 Å². The summed E-state index contributed by atoms with van der Waals surface area (Å²) in [5.74, 6) is -2.34. The predicted octanol–water partition coefficient (Wildman–Crippen LogP) is 7.62. The summed E-state index contributed by atoms with van der Waals surface area (Å²) in [5.41, 5.74) is 6.76. The minimum absolute atomic E-state index is 0.130. The highest BCUT2D eigenvalue weighted by atomic mass is 16.8. The van der Waals surface area contributed by atoms with Crippen LogP contribution in [0, 0.1) is 27.7 Å². The van der Waals surface area contributed by atoms with Crippen LogP contribution in [-0.4, -0.2) is 78.1 Å². The summed E-state index contributed by atoms with van der Waals surface area (Å²) in [5, 5.41) is 10.5. The first-order valence-corrected chi connectivity index (χ1v) is 18.7. The summed E-state index contributed by atoms with van der Waals surface area (Å²) < 4.78 is 34.4. The third-order valence-electron chi connectivity index (χ3n) is 9.43. The lowest BCUT2D eigenvalue weighted by Gasteiger charge is -2.19. The number of aliphatic hydroxyl groups excluding tert-OH is 1. The minimum atomic E-state index is -0.801. The third-order valence-corrected chi connectivity index (χ3v) is 9.43. The van der Waals surface area contributed by atoms with Crippen LogP contribution < -0.4 is 0 Å². The van der Waals surface area contributed by atoms with Gasteiger partial charge in [0.15, 0.2) is 17.4 Å². The van der Waals surface area contributed by atoms with Gasteiger partial charge >= 0.3 is 11.9 Å². The zero-order chi connectivity index (χ0) is 39.2. The van der Waals surface area contributed by atoms with Gasteiger partial charge in [-0.05, 0) is 109 Å². The summed E-state index contributed by atoms with van der Waals surface area (Å²) in [6.07, 6.45) is 14.0. The maximum Gasteiger partial charge on any atom is 0.339 e. The number of hydrogen-bond donors (Lipinski definition) is 1. The number of benzene rings is 2. The van der Waals surface area contributed by atoms with Crippen molar-refractivity contribution in [1.29, 1.82) is 0 Å². The monoisotopic (exact) mass is 742 g/mol. The number of carbonyl (C=O) groups is 3. The number of carbonyl (C=O) groups excluding carboxylic acids is 3. The van der Waals surface area contributed by atoms with E-state index in [1.807, 2.05) is 110 Å². The highest BCUT2D eigenvalue weighted by Gasteiger charge is 2.44. The average Bonchev–Trinajstić information content (AvgIpc) is 3.56. The Kier molecular flexibility index (Phi) is 13.3. The zero-order valence-corrected chi connectivity index (χ0v) is 32.7. The van der Waals surface area contributed by atoms with Crippen LogP contribution in [0.5, 0.6) is 0 Å². The molecule has 3 unspecified atom stereocenters. The number of ketones is 1. The number of rotatable bonds is 0. The Bertz CT molecular complexity index is 1830. The first-order valence-electron chi connectivity index (χ1n) is 18.7. The molecule has 290 valence electrons. The van der Waals surface area contributed by atoms with Gasteiger partial charge in [0.1, 0.15) is 18.3 Å². The smallest absolute Gasteiger partial charge is 0.339 e. The zero-order valence-electron chi connectivity index (χ0n) is 32.7. The Morgan fingerprint density at radius 2 is 1.11 bits per heavy atom. The molecule has 0 bridgehead atoms. The molecule has 4 aliphatic rings. The molecule has 5 atom stereocenters. The number of ether oxygens (including phenoxy) is 6. The molecule has 0 aromatic heterocycles. The molecule has 0 radical (unpaired) electrons. The lowest BCUT2D eigenvalue weighted by atomic mass is 9.97. The molecule has 10 heteroatoms. The Morgan fingerprint density at radius 3 is 1.69 bits per heavy atom. The van der Waals surface area contributed by atoms with Crippen LogP contribution >= 0.6 is 0 Å². The maximum absolute atomic E-state index is 12.6. The molecule has 0 aliphatic carbocycles. The van der Waals surface area contributed by atoms with Gasteiger partial charge in [0, 0.05) is 0 Å². The molecule has 4 aliphatic heterocycles. The first-order chi connectivity index (χ1) is 25.5. The van der Waals surface area contributed by atoms with Crippen LogP contribution in [0.3, 0.4) is 0 Å². The van der Waals surface area contributed by atoms with Crippen molar-refractivity contribution in [3.05, 3.63) is 105 Å². The van der Waals surface area contributed by atoms with Gasteiger partial charge in [-0.2, -0.15) is 0 Å². The summed E-state index contributed by atoms with van der Waals surface area (Å²) in [7, 11) is 0. The molecule has 0 saturated carbocycles. The van der Waals surface area contributed by atoms with Crippen LogP contribution in [-0.2, 0) is 33.2 Å². The van der Waals surface area contributed by atoms with Crippen LogP contribution in [0.1, 0.15) is 107 Å². The number of cyclic esters (lactones) is 2. The van der Waals surface area contributed by atoms with Gasteiger partial charge < -0.3 is 33.5 Å². The fraction of sp³-hybridized carbons (Fsp3) is 0.477. The van der Waals surface area contributed by atoms with E-state index in [2.05, 4.69) is 0 Å². The molecule has 2 saturated heterocycles. The maximum atomic E-state index is 12.6. The van der Waals surface area contributed by atoms with E-state index in [0.717, 1.165) is 33.4 Å². The Hall–Kier alpha value is -4.19. The second kappa shape index (κ2) is 17.5. The van der Waals surface area contributed by atoms with Crippen molar-refractivity contribution in [3.63, 3.8) is 0 Å². The van der Waals surface area contributed by atoms with Crippen molar-refractivity contribution >= 4 is 29.9 Å². The number of aliphatic hydroxyl groups is 1. The molecule has 2 aromatic carbocycles. The van der Waals surface area contributed by atoms with E-state index in [4.69, 9.17) is 28.4 Å². The van der Waals surface area contributed by atoms with Crippen molar-refractivity contribution < 1.29 is 47.9 Å². The standard InChI is InChI=1S/C22H28O5.C22H26O5/c2*1-14-12-15(2)19-16(13-14)8-7-10-18-20(27-22(3,4)26-18)17(23)9-5-6-11-25-21(19)24/h5,7-9,12-13,17-18,20,23H,6,10-11H2,1-4H3;5,7-9,12-13,18,20H,6,10-11H2,1-4H3/b2*8-7+,9-5-/t17?,18-,20?;18-,20?/m00/s1. The third kappa shape index (κ3) is 10.5. The Morgan fingerprint density at radius 1 is 0.611 bits per heavy atom. The van der Waals surface area contributed by atoms with Crippen LogP contribution in [0.25, 0.3) is 12.2 Å². The molecule has 0 amide bonds. The molecule has 2 aromatic rings. The Balaban J connectivity index is 0.000000208. The van der Waals surface area contributed by atoms with E-state index in [-0.39, 0.29) is 43.1 Å². The second-order valence-corrected chi connectivity index (χ2v) is 15.2. The number of fused-ring (bicyclic) bond motifs is 4. The van der Waals surface area contributed by atoms with Crippen LogP contribution in [0.2, 0.25) is 0 Å². The molecule has 54 heavy (non-hydrogen) atoms. The summed E-state index contributed by atoms with van der Waals surface area (Å²) in [6.45, 7) is 15.6. The molecule has 0 spiro atoms. The summed E-state index contributed by atoms with van der Waals surface area (Å²) >= 11 is 0. The van der Waals surface area contributed by atoms with Gasteiger partial charge in [0.25, 0.3) is 0 Å². The lowest BCUT2D eigenvalue weighted by Crippen LogP contribution is -2.34. The van der Waals surface area contributed by atoms with Gasteiger partial charge in [0.05, 0.1) is 36.5 Å². The largest absolute Gasteiger partial charge is 0.462 e. The van der Waals surface area contributed by atoms with Crippen molar-refractivity contribution in [2.75, 3.05) is 13.2 Å². The van der Waals surface area contributed by atoms with Gasteiger partial charge in [-0.15, -0.1) is 0 Å². The van der Waals surface area contributed by atoms with E-state index in [1.165, 1.54) is 6.08 Å². The fourth-order valence-corrected chi connectivity index (χ4v) is 7.29. The van der Waals surface area contributed by atoms with Crippen molar-refractivity contribution in [3.8, 4) is 0 Å².